The van der Waals surface area contributed by atoms with Crippen molar-refractivity contribution in [1.82, 2.24) is 0 Å². The Kier molecular flexibility index (Phi) is 3.51. The van der Waals surface area contributed by atoms with E-state index >= 15 is 0 Å². The van der Waals surface area contributed by atoms with Gasteiger partial charge in [-0.1, -0.05) is 18.2 Å². The summed E-state index contributed by atoms with van der Waals surface area (Å²) in [4.78, 5) is 24.1. The maximum Gasteiger partial charge on any atom is 0.379 e. The summed E-state index contributed by atoms with van der Waals surface area (Å²) in [6, 6.07) is 13.3. The number of carbonyl (C=O) groups is 1. The van der Waals surface area contributed by atoms with Crippen molar-refractivity contribution < 1.29 is 13.9 Å². The molecule has 1 heterocycles. The molecule has 2 aromatic carbocycles. The van der Waals surface area contributed by atoms with E-state index in [2.05, 4.69) is 0 Å². The lowest BCUT2D eigenvalue weighted by atomic mass is 10.1. The Balaban J connectivity index is 1.95. The topological polar surface area (TPSA) is 56.5 Å². The fourth-order valence-electron chi connectivity index (χ4n) is 2.14. The molecule has 4 heteroatoms. The second kappa shape index (κ2) is 5.48. The van der Waals surface area contributed by atoms with Crippen molar-refractivity contribution in [3.8, 4) is 5.75 Å². The zero-order valence-electron chi connectivity index (χ0n) is 12.3. The quantitative estimate of drug-likeness (QED) is 0.535. The monoisotopic (exact) mass is 294 g/mol. The van der Waals surface area contributed by atoms with Gasteiger partial charge in [0.25, 0.3) is 0 Å². The van der Waals surface area contributed by atoms with Crippen molar-refractivity contribution in [3.05, 3.63) is 75.6 Å². The van der Waals surface area contributed by atoms with Gasteiger partial charge in [-0.3, -0.25) is 4.79 Å². The fourth-order valence-corrected chi connectivity index (χ4v) is 2.14. The summed E-state index contributed by atoms with van der Waals surface area (Å²) in [7, 11) is 0. The summed E-state index contributed by atoms with van der Waals surface area (Å²) in [5.74, 6) is -0.378. The number of ether oxygens (including phenoxy) is 1. The van der Waals surface area contributed by atoms with Crippen LogP contribution in [0.5, 0.6) is 5.75 Å². The van der Waals surface area contributed by atoms with E-state index in [1.165, 1.54) is 0 Å². The molecule has 0 aliphatic carbocycles. The van der Waals surface area contributed by atoms with Gasteiger partial charge in [-0.2, -0.15) is 0 Å². The molecular formula is C18H14O4. The van der Waals surface area contributed by atoms with Crippen molar-refractivity contribution >= 4 is 16.9 Å². The fraction of sp³-hybridized carbons (Fsp3) is 0.111. The average molecular weight is 294 g/mol. The maximum absolute atomic E-state index is 12.2. The van der Waals surface area contributed by atoms with Gasteiger partial charge >= 0.3 is 5.97 Å². The molecule has 0 aliphatic rings. The van der Waals surface area contributed by atoms with E-state index in [1.54, 1.807) is 36.4 Å². The van der Waals surface area contributed by atoms with Gasteiger partial charge < -0.3 is 9.15 Å². The van der Waals surface area contributed by atoms with Crippen molar-refractivity contribution in [2.24, 2.45) is 0 Å². The molecular weight excluding hydrogens is 280 g/mol. The van der Waals surface area contributed by atoms with Gasteiger partial charge in [-0.05, 0) is 49.2 Å². The molecule has 3 rings (SSSR count). The van der Waals surface area contributed by atoms with E-state index in [-0.39, 0.29) is 11.2 Å². The van der Waals surface area contributed by atoms with Crippen LogP contribution in [0.15, 0.2) is 57.7 Å². The largest absolute Gasteiger partial charge is 0.449 e. The lowest BCUT2D eigenvalue weighted by Gasteiger charge is -2.06. The summed E-state index contributed by atoms with van der Waals surface area (Å²) in [6.45, 7) is 3.91. The highest BCUT2D eigenvalue weighted by Crippen LogP contribution is 2.18. The maximum atomic E-state index is 12.2. The predicted molar refractivity (Wildman–Crippen MR) is 83.4 cm³/mol. The molecule has 3 aromatic rings. The minimum atomic E-state index is -0.689. The number of esters is 1. The van der Waals surface area contributed by atoms with Crippen LogP contribution in [0.1, 0.15) is 21.7 Å². The number of benzene rings is 2. The zero-order valence-corrected chi connectivity index (χ0v) is 12.3. The van der Waals surface area contributed by atoms with Gasteiger partial charge in [0, 0.05) is 6.07 Å². The number of carbonyl (C=O) groups excluding carboxylic acids is 1. The number of hydrogen-bond acceptors (Lipinski definition) is 4. The predicted octanol–water partition coefficient (Wildman–Crippen LogP) is 3.63. The van der Waals surface area contributed by atoms with Gasteiger partial charge in [0.2, 0.25) is 5.76 Å². The Bertz CT molecular complexity index is 922. The first-order valence-electron chi connectivity index (χ1n) is 6.87. The molecule has 22 heavy (non-hydrogen) atoms. The molecule has 0 saturated carbocycles. The van der Waals surface area contributed by atoms with Crippen molar-refractivity contribution in [2.75, 3.05) is 0 Å². The van der Waals surface area contributed by atoms with Crippen LogP contribution in [-0.2, 0) is 0 Å². The molecule has 0 radical (unpaired) electrons. The number of fused-ring (bicyclic) bond motifs is 1. The van der Waals surface area contributed by atoms with Crippen LogP contribution in [0.4, 0.5) is 0 Å². The molecule has 0 N–H and O–H groups in total. The van der Waals surface area contributed by atoms with Crippen LogP contribution in [0.25, 0.3) is 11.0 Å². The molecule has 0 spiro atoms. The van der Waals surface area contributed by atoms with E-state index in [4.69, 9.17) is 9.15 Å². The third-order valence-corrected chi connectivity index (χ3v) is 3.52. The number of hydrogen-bond donors (Lipinski definition) is 0. The van der Waals surface area contributed by atoms with Crippen LogP contribution < -0.4 is 10.2 Å². The highest BCUT2D eigenvalue weighted by molar-refractivity contribution is 5.90. The SMILES string of the molecule is Cc1ccc(OC(=O)c2cc(=O)c3ccccc3o2)cc1C. The summed E-state index contributed by atoms with van der Waals surface area (Å²) in [5, 5.41) is 0.435. The van der Waals surface area contributed by atoms with Gasteiger partial charge in [0.15, 0.2) is 5.43 Å². The first-order chi connectivity index (χ1) is 10.5. The summed E-state index contributed by atoms with van der Waals surface area (Å²) >= 11 is 0. The molecule has 0 fully saturated rings. The van der Waals surface area contributed by atoms with Crippen LogP contribution in [0, 0.1) is 13.8 Å². The molecule has 0 bridgehead atoms. The van der Waals surface area contributed by atoms with Gasteiger partial charge in [0.05, 0.1) is 5.39 Å². The van der Waals surface area contributed by atoms with Gasteiger partial charge in [-0.15, -0.1) is 0 Å². The van der Waals surface area contributed by atoms with E-state index in [0.29, 0.717) is 16.7 Å². The van der Waals surface area contributed by atoms with Crippen LogP contribution >= 0.6 is 0 Å². The van der Waals surface area contributed by atoms with Crippen molar-refractivity contribution in [1.29, 1.82) is 0 Å². The molecule has 0 unspecified atom stereocenters. The highest BCUT2D eigenvalue weighted by Gasteiger charge is 2.14. The Morgan fingerprint density at radius 1 is 1.00 bits per heavy atom. The molecule has 110 valence electrons. The Labute approximate surface area is 127 Å². The number of rotatable bonds is 2. The second-order valence-electron chi connectivity index (χ2n) is 5.11. The summed E-state index contributed by atoms with van der Waals surface area (Å²) < 4.78 is 10.7. The Hall–Kier alpha value is -2.88. The first kappa shape index (κ1) is 14.1. The zero-order chi connectivity index (χ0) is 15.7. The summed E-state index contributed by atoms with van der Waals surface area (Å²) in [6.07, 6.45) is 0. The number of aryl methyl sites for hydroxylation is 2. The Morgan fingerprint density at radius 2 is 1.77 bits per heavy atom. The van der Waals surface area contributed by atoms with E-state index in [9.17, 15) is 9.59 Å². The molecule has 0 amide bonds. The highest BCUT2D eigenvalue weighted by atomic mass is 16.5. The van der Waals surface area contributed by atoms with E-state index < -0.39 is 5.97 Å². The molecule has 4 nitrogen and oxygen atoms in total. The lowest BCUT2D eigenvalue weighted by Crippen LogP contribution is -2.12. The van der Waals surface area contributed by atoms with Gasteiger partial charge in [0.1, 0.15) is 11.3 Å². The summed E-state index contributed by atoms with van der Waals surface area (Å²) in [5.41, 5.74) is 2.22. The number of para-hydroxylation sites is 1. The third-order valence-electron chi connectivity index (χ3n) is 3.52. The molecule has 0 atom stereocenters. The molecule has 0 aliphatic heterocycles. The molecule has 1 aromatic heterocycles. The smallest absolute Gasteiger partial charge is 0.379 e. The van der Waals surface area contributed by atoms with Crippen LogP contribution in [-0.4, -0.2) is 5.97 Å². The standard InChI is InChI=1S/C18H14O4/c1-11-7-8-13(9-12(11)2)21-18(20)17-10-15(19)14-5-3-4-6-16(14)22-17/h3-10H,1-2H3. The minimum absolute atomic E-state index is 0.109. The molecule has 0 saturated heterocycles. The average Bonchev–Trinajstić information content (AvgIpc) is 2.51. The van der Waals surface area contributed by atoms with E-state index in [1.807, 2.05) is 19.9 Å². The van der Waals surface area contributed by atoms with E-state index in [0.717, 1.165) is 17.2 Å². The lowest BCUT2D eigenvalue weighted by molar-refractivity contribution is 0.0702. The van der Waals surface area contributed by atoms with Gasteiger partial charge in [-0.25, -0.2) is 4.79 Å². The van der Waals surface area contributed by atoms with Crippen LogP contribution in [0.3, 0.4) is 0 Å². The first-order valence-corrected chi connectivity index (χ1v) is 6.87. The third kappa shape index (κ3) is 2.63. The Morgan fingerprint density at radius 3 is 2.55 bits per heavy atom. The normalized spacial score (nSPS) is 10.6. The van der Waals surface area contributed by atoms with Crippen molar-refractivity contribution in [2.45, 2.75) is 13.8 Å². The second-order valence-corrected chi connectivity index (χ2v) is 5.11. The minimum Gasteiger partial charge on any atom is -0.449 e. The van der Waals surface area contributed by atoms with Crippen LogP contribution in [0.2, 0.25) is 0 Å². The van der Waals surface area contributed by atoms with Crippen molar-refractivity contribution in [3.63, 3.8) is 0 Å².